The molecule has 3 nitrogen and oxygen atoms in total. The number of nitrogens with zero attached hydrogens (tertiary/aromatic N) is 3. The summed E-state index contributed by atoms with van der Waals surface area (Å²) in [5.74, 6) is 0.512. The maximum Gasteiger partial charge on any atom is 0.0948 e. The van der Waals surface area contributed by atoms with Gasteiger partial charge < -0.3 is 4.57 Å². The molecule has 0 bridgehead atoms. The molecular formula is C9H10ClN3S. The molecule has 0 aliphatic rings. The van der Waals surface area contributed by atoms with Gasteiger partial charge in [0.15, 0.2) is 0 Å². The lowest BCUT2D eigenvalue weighted by Crippen LogP contribution is -2.02. The van der Waals surface area contributed by atoms with E-state index < -0.39 is 0 Å². The van der Waals surface area contributed by atoms with E-state index in [0.29, 0.717) is 5.88 Å². The normalized spacial score (nSPS) is 10.6. The molecule has 0 aliphatic carbocycles. The van der Waals surface area contributed by atoms with Crippen LogP contribution in [0.1, 0.15) is 10.7 Å². The molecule has 0 N–H and O–H groups in total. The second kappa shape index (κ2) is 4.57. The number of aryl methyl sites for hydroxylation is 2. The summed E-state index contributed by atoms with van der Waals surface area (Å²) in [4.78, 5) is 8.28. The molecular weight excluding hydrogens is 218 g/mol. The number of aromatic nitrogens is 3. The number of alkyl halides is 1. The first-order valence-corrected chi connectivity index (χ1v) is 5.75. The second-order valence-corrected chi connectivity index (χ2v) is 4.13. The predicted molar refractivity (Wildman–Crippen MR) is 57.6 cm³/mol. The third-order valence-electron chi connectivity index (χ3n) is 1.99. The van der Waals surface area contributed by atoms with Gasteiger partial charge in [-0.15, -0.1) is 22.9 Å². The van der Waals surface area contributed by atoms with Crippen molar-refractivity contribution in [3.8, 4) is 0 Å². The Labute approximate surface area is 91.4 Å². The predicted octanol–water partition coefficient (Wildman–Crippen LogP) is 2.32. The quantitative estimate of drug-likeness (QED) is 0.751. The summed E-state index contributed by atoms with van der Waals surface area (Å²) in [5, 5.41) is 3.14. The molecule has 0 atom stereocenters. The van der Waals surface area contributed by atoms with Crippen molar-refractivity contribution in [3.05, 3.63) is 34.8 Å². The summed E-state index contributed by atoms with van der Waals surface area (Å²) in [6.07, 6.45) is 6.38. The topological polar surface area (TPSA) is 30.7 Å². The van der Waals surface area contributed by atoms with E-state index in [-0.39, 0.29) is 0 Å². The van der Waals surface area contributed by atoms with E-state index in [2.05, 4.69) is 14.5 Å². The third kappa shape index (κ3) is 2.13. The average molecular weight is 228 g/mol. The fourth-order valence-electron chi connectivity index (χ4n) is 1.25. The zero-order valence-electron chi connectivity index (χ0n) is 7.56. The van der Waals surface area contributed by atoms with E-state index in [4.69, 9.17) is 11.6 Å². The van der Waals surface area contributed by atoms with Crippen LogP contribution in [0, 0.1) is 0 Å². The van der Waals surface area contributed by atoms with E-state index in [0.717, 1.165) is 23.7 Å². The summed E-state index contributed by atoms with van der Waals surface area (Å²) < 4.78 is 2.06. The third-order valence-corrected chi connectivity index (χ3v) is 3.10. The number of hydrogen-bond donors (Lipinski definition) is 0. The van der Waals surface area contributed by atoms with Crippen molar-refractivity contribution in [2.75, 3.05) is 0 Å². The van der Waals surface area contributed by atoms with Gasteiger partial charge in [0, 0.05) is 30.7 Å². The van der Waals surface area contributed by atoms with Crippen LogP contribution in [0.25, 0.3) is 0 Å². The highest BCUT2D eigenvalue weighted by Crippen LogP contribution is 2.08. The van der Waals surface area contributed by atoms with Gasteiger partial charge in [-0.3, -0.25) is 0 Å². The highest BCUT2D eigenvalue weighted by Gasteiger charge is 2.01. The Morgan fingerprint density at radius 2 is 2.43 bits per heavy atom. The van der Waals surface area contributed by atoms with Gasteiger partial charge in [0.2, 0.25) is 0 Å². The molecule has 2 rings (SSSR count). The fourth-order valence-corrected chi connectivity index (χ4v) is 2.09. The lowest BCUT2D eigenvalue weighted by Gasteiger charge is -2.03. The van der Waals surface area contributed by atoms with Crippen molar-refractivity contribution in [3.63, 3.8) is 0 Å². The Kier molecular flexibility index (Phi) is 3.16. The molecule has 14 heavy (non-hydrogen) atoms. The minimum Gasteiger partial charge on any atom is -0.333 e. The van der Waals surface area contributed by atoms with Gasteiger partial charge in [0.25, 0.3) is 0 Å². The smallest absolute Gasteiger partial charge is 0.0948 e. The first kappa shape index (κ1) is 9.68. The first-order chi connectivity index (χ1) is 6.90. The molecule has 74 valence electrons. The molecule has 2 aromatic rings. The van der Waals surface area contributed by atoms with Crippen molar-refractivity contribution in [2.45, 2.75) is 18.8 Å². The summed E-state index contributed by atoms with van der Waals surface area (Å²) in [6, 6.07) is 0. The molecule has 0 aromatic carbocycles. The van der Waals surface area contributed by atoms with E-state index in [9.17, 15) is 0 Å². The Morgan fingerprint density at radius 1 is 1.50 bits per heavy atom. The standard InChI is InChI=1S/C9H10ClN3S/c10-5-8-6-11-7-13(8)3-1-9-12-2-4-14-9/h2,4,6-7H,1,3,5H2. The highest BCUT2D eigenvalue weighted by atomic mass is 35.5. The molecule has 0 fully saturated rings. The van der Waals surface area contributed by atoms with Gasteiger partial charge in [0.1, 0.15) is 0 Å². The van der Waals surface area contributed by atoms with Gasteiger partial charge in [-0.05, 0) is 0 Å². The van der Waals surface area contributed by atoms with Crippen molar-refractivity contribution >= 4 is 22.9 Å². The number of hydrogen-bond acceptors (Lipinski definition) is 3. The van der Waals surface area contributed by atoms with E-state index >= 15 is 0 Å². The highest BCUT2D eigenvalue weighted by molar-refractivity contribution is 7.09. The molecule has 5 heteroatoms. The zero-order chi connectivity index (χ0) is 9.80. The van der Waals surface area contributed by atoms with Crippen LogP contribution in [0.5, 0.6) is 0 Å². The average Bonchev–Trinajstić information content (AvgIpc) is 2.85. The van der Waals surface area contributed by atoms with Crippen LogP contribution in [-0.4, -0.2) is 14.5 Å². The molecule has 0 amide bonds. The van der Waals surface area contributed by atoms with Crippen LogP contribution in [0.4, 0.5) is 0 Å². The largest absolute Gasteiger partial charge is 0.333 e. The molecule has 0 radical (unpaired) electrons. The van der Waals surface area contributed by atoms with Crippen LogP contribution < -0.4 is 0 Å². The van der Waals surface area contributed by atoms with Crippen LogP contribution in [0.15, 0.2) is 24.1 Å². The minimum atomic E-state index is 0.512. The number of halogens is 1. The van der Waals surface area contributed by atoms with Crippen molar-refractivity contribution in [1.82, 2.24) is 14.5 Å². The van der Waals surface area contributed by atoms with Crippen LogP contribution >= 0.6 is 22.9 Å². The second-order valence-electron chi connectivity index (χ2n) is 2.89. The Hall–Kier alpha value is -0.870. The zero-order valence-corrected chi connectivity index (χ0v) is 9.13. The lowest BCUT2D eigenvalue weighted by molar-refractivity contribution is 0.672. The SMILES string of the molecule is ClCc1cncn1CCc1nccs1. The Balaban J connectivity index is 1.98. The summed E-state index contributed by atoms with van der Waals surface area (Å²) in [7, 11) is 0. The van der Waals surface area contributed by atoms with Crippen LogP contribution in [0.3, 0.4) is 0 Å². The monoisotopic (exact) mass is 227 g/mol. The molecule has 0 spiro atoms. The first-order valence-electron chi connectivity index (χ1n) is 4.33. The van der Waals surface area contributed by atoms with E-state index in [1.54, 1.807) is 17.5 Å². The maximum absolute atomic E-state index is 5.76. The van der Waals surface area contributed by atoms with Gasteiger partial charge in [-0.1, -0.05) is 0 Å². The molecule has 0 unspecified atom stereocenters. The summed E-state index contributed by atoms with van der Waals surface area (Å²) in [6.45, 7) is 0.898. The molecule has 0 aliphatic heterocycles. The molecule has 2 heterocycles. The minimum absolute atomic E-state index is 0.512. The number of rotatable bonds is 4. The van der Waals surface area contributed by atoms with E-state index in [1.165, 1.54) is 0 Å². The number of thiazole rings is 1. The van der Waals surface area contributed by atoms with Gasteiger partial charge in [0.05, 0.1) is 22.9 Å². The van der Waals surface area contributed by atoms with Crippen molar-refractivity contribution in [2.24, 2.45) is 0 Å². The fraction of sp³-hybridized carbons (Fsp3) is 0.333. The maximum atomic E-state index is 5.76. The summed E-state index contributed by atoms with van der Waals surface area (Å²) in [5.41, 5.74) is 1.06. The Morgan fingerprint density at radius 3 is 3.14 bits per heavy atom. The van der Waals surface area contributed by atoms with E-state index in [1.807, 2.05) is 17.9 Å². The van der Waals surface area contributed by atoms with Crippen LogP contribution in [0.2, 0.25) is 0 Å². The molecule has 2 aromatic heterocycles. The number of imidazole rings is 1. The molecule has 0 saturated heterocycles. The summed E-state index contributed by atoms with van der Waals surface area (Å²) >= 11 is 7.44. The Bertz CT molecular complexity index is 382. The molecule has 0 saturated carbocycles. The van der Waals surface area contributed by atoms with Crippen molar-refractivity contribution < 1.29 is 0 Å². The van der Waals surface area contributed by atoms with Crippen molar-refractivity contribution in [1.29, 1.82) is 0 Å². The van der Waals surface area contributed by atoms with Gasteiger partial charge >= 0.3 is 0 Å². The van der Waals surface area contributed by atoms with Gasteiger partial charge in [-0.2, -0.15) is 0 Å². The van der Waals surface area contributed by atoms with Crippen LogP contribution in [-0.2, 0) is 18.8 Å². The lowest BCUT2D eigenvalue weighted by atomic mass is 10.4. The van der Waals surface area contributed by atoms with Gasteiger partial charge in [-0.25, -0.2) is 9.97 Å².